The minimum atomic E-state index is -4.50. The molecule has 27 heavy (non-hydrogen) atoms. The van der Waals surface area contributed by atoms with Gasteiger partial charge in [-0.2, -0.15) is 13.2 Å². The van der Waals surface area contributed by atoms with Gasteiger partial charge in [0, 0.05) is 26.3 Å². The molecule has 10 heteroatoms. The number of rotatable bonds is 5. The van der Waals surface area contributed by atoms with Gasteiger partial charge in [-0.25, -0.2) is 4.79 Å². The number of aliphatic hydroxyl groups is 1. The molecule has 2 rings (SSSR count). The predicted octanol–water partition coefficient (Wildman–Crippen LogP) is 0.799. The maximum atomic E-state index is 12.6. The molecule has 7 nitrogen and oxygen atoms in total. The van der Waals surface area contributed by atoms with Gasteiger partial charge in [0.15, 0.2) is 0 Å². The first kappa shape index (κ1) is 20.7. The number of likely N-dealkylation sites (tertiary alicyclic amines) is 1. The van der Waals surface area contributed by atoms with Crippen LogP contribution in [0.15, 0.2) is 24.3 Å². The quantitative estimate of drug-likeness (QED) is 0.692. The summed E-state index contributed by atoms with van der Waals surface area (Å²) in [4.78, 5) is 36.5. The second-order valence-electron chi connectivity index (χ2n) is 6.37. The largest absolute Gasteiger partial charge is 0.480 e. The number of alkyl halides is 3. The molecular weight excluding hydrogens is 369 g/mol. The van der Waals surface area contributed by atoms with Crippen LogP contribution < -0.4 is 5.32 Å². The third-order valence-electron chi connectivity index (χ3n) is 4.32. The topological polar surface area (TPSA) is 107 Å². The maximum absolute atomic E-state index is 12.6. The van der Waals surface area contributed by atoms with Crippen LogP contribution >= 0.6 is 0 Å². The zero-order chi connectivity index (χ0) is 20.4. The molecule has 1 heterocycles. The minimum absolute atomic E-state index is 0.0158. The highest BCUT2D eigenvalue weighted by molar-refractivity contribution is 5.90. The number of nitrogens with zero attached hydrogens (tertiary/aromatic N) is 1. The van der Waals surface area contributed by atoms with Gasteiger partial charge in [-0.15, -0.1) is 0 Å². The van der Waals surface area contributed by atoms with E-state index in [-0.39, 0.29) is 19.4 Å². The summed E-state index contributed by atoms with van der Waals surface area (Å²) in [6.45, 7) is 1.21. The van der Waals surface area contributed by atoms with Crippen LogP contribution in [0, 0.1) is 0 Å². The molecule has 1 fully saturated rings. The Hall–Kier alpha value is -2.62. The molecule has 3 N–H and O–H groups in total. The highest BCUT2D eigenvalue weighted by Crippen LogP contribution is 2.29. The van der Waals surface area contributed by atoms with E-state index in [0.29, 0.717) is 5.56 Å². The molecule has 1 aromatic carbocycles. The molecule has 3 atom stereocenters. The zero-order valence-electron chi connectivity index (χ0n) is 14.4. The summed E-state index contributed by atoms with van der Waals surface area (Å²) in [5.74, 6) is -2.53. The average molecular weight is 388 g/mol. The van der Waals surface area contributed by atoms with Gasteiger partial charge in [0.05, 0.1) is 11.7 Å². The van der Waals surface area contributed by atoms with Crippen LogP contribution in [-0.4, -0.2) is 57.6 Å². The first-order valence-electron chi connectivity index (χ1n) is 8.13. The fourth-order valence-corrected chi connectivity index (χ4v) is 2.94. The van der Waals surface area contributed by atoms with E-state index < -0.39 is 47.7 Å². The van der Waals surface area contributed by atoms with Crippen molar-refractivity contribution >= 4 is 17.8 Å². The molecule has 1 aromatic rings. The number of carboxylic acid groups (broad SMARTS) is 1. The number of aliphatic hydroxyl groups excluding tert-OH is 1. The number of halogens is 3. The lowest BCUT2D eigenvalue weighted by Gasteiger charge is -2.24. The van der Waals surface area contributed by atoms with Crippen molar-refractivity contribution in [2.24, 2.45) is 0 Å². The number of hydrogen-bond donors (Lipinski definition) is 3. The van der Waals surface area contributed by atoms with Crippen molar-refractivity contribution in [3.63, 3.8) is 0 Å². The van der Waals surface area contributed by atoms with Crippen LogP contribution in [0.2, 0.25) is 0 Å². The Balaban J connectivity index is 2.08. The monoisotopic (exact) mass is 388 g/mol. The predicted molar refractivity (Wildman–Crippen MR) is 86.5 cm³/mol. The molecular formula is C17H19F3N2O5. The standard InChI is InChI=1S/C17H19F3N2O5/c1-9(23)22-8-12(24)7-14(22)15(25)21-13(16(26)27)6-10-2-4-11(5-3-10)17(18,19)20/h2-5,12-14,24H,6-8H2,1H3,(H,21,25)(H,26,27)/t12-,13+,14+/m1/s1. The van der Waals surface area contributed by atoms with Crippen molar-refractivity contribution in [1.29, 1.82) is 0 Å². The van der Waals surface area contributed by atoms with Crippen molar-refractivity contribution in [2.45, 2.75) is 44.1 Å². The SMILES string of the molecule is CC(=O)N1C[C@H](O)C[C@H]1C(=O)N[C@@H](Cc1ccc(C(F)(F)F)cc1)C(=O)O. The Morgan fingerprint density at radius 3 is 2.33 bits per heavy atom. The Morgan fingerprint density at radius 1 is 1.26 bits per heavy atom. The van der Waals surface area contributed by atoms with Crippen LogP contribution in [0.25, 0.3) is 0 Å². The van der Waals surface area contributed by atoms with Crippen molar-refractivity contribution in [3.05, 3.63) is 35.4 Å². The lowest BCUT2D eigenvalue weighted by molar-refractivity contribution is -0.143. The normalized spacial score (nSPS) is 21.0. The van der Waals surface area contributed by atoms with Crippen molar-refractivity contribution in [3.8, 4) is 0 Å². The fraction of sp³-hybridized carbons (Fsp3) is 0.471. The van der Waals surface area contributed by atoms with Crippen LogP contribution in [0.1, 0.15) is 24.5 Å². The number of carbonyl (C=O) groups excluding carboxylic acids is 2. The van der Waals surface area contributed by atoms with E-state index in [1.54, 1.807) is 0 Å². The van der Waals surface area contributed by atoms with Crippen molar-refractivity contribution in [1.82, 2.24) is 10.2 Å². The zero-order valence-corrected chi connectivity index (χ0v) is 14.4. The fourth-order valence-electron chi connectivity index (χ4n) is 2.94. The number of carboxylic acids is 1. The summed E-state index contributed by atoms with van der Waals surface area (Å²) in [6, 6.07) is 1.58. The number of nitrogens with one attached hydrogen (secondary N) is 1. The number of aliphatic carboxylic acids is 1. The molecule has 0 aliphatic carbocycles. The molecule has 1 aliphatic heterocycles. The van der Waals surface area contributed by atoms with E-state index >= 15 is 0 Å². The van der Waals surface area contributed by atoms with Crippen LogP contribution in [0.4, 0.5) is 13.2 Å². The van der Waals surface area contributed by atoms with Crippen LogP contribution in [-0.2, 0) is 27.0 Å². The maximum Gasteiger partial charge on any atom is 0.416 e. The van der Waals surface area contributed by atoms with Gasteiger partial charge in [0.2, 0.25) is 11.8 Å². The Bertz CT molecular complexity index is 720. The van der Waals surface area contributed by atoms with E-state index in [0.717, 1.165) is 29.2 Å². The highest BCUT2D eigenvalue weighted by atomic mass is 19.4. The number of hydrogen-bond acceptors (Lipinski definition) is 4. The minimum Gasteiger partial charge on any atom is -0.480 e. The van der Waals surface area contributed by atoms with Crippen LogP contribution in [0.5, 0.6) is 0 Å². The summed E-state index contributed by atoms with van der Waals surface area (Å²) in [7, 11) is 0. The lowest BCUT2D eigenvalue weighted by Crippen LogP contribution is -2.51. The first-order chi connectivity index (χ1) is 12.5. The van der Waals surface area contributed by atoms with E-state index in [9.17, 15) is 37.8 Å². The molecule has 0 radical (unpaired) electrons. The van der Waals surface area contributed by atoms with E-state index in [1.807, 2.05) is 0 Å². The van der Waals surface area contributed by atoms with Crippen molar-refractivity contribution < 1.29 is 37.8 Å². The summed E-state index contributed by atoms with van der Waals surface area (Å²) in [5.41, 5.74) is -0.565. The lowest BCUT2D eigenvalue weighted by atomic mass is 10.0. The second kappa shape index (κ2) is 7.95. The summed E-state index contributed by atoms with van der Waals surface area (Å²) < 4.78 is 37.8. The van der Waals surface area contributed by atoms with Crippen LogP contribution in [0.3, 0.4) is 0 Å². The van der Waals surface area contributed by atoms with Crippen molar-refractivity contribution in [2.75, 3.05) is 6.54 Å². The molecule has 0 spiro atoms. The average Bonchev–Trinajstić information content (AvgIpc) is 2.96. The number of β-amino-alcohol motifs (C(OH)–C–C–N with tert-alkyl or cyclic N) is 1. The van der Waals surface area contributed by atoms with E-state index in [1.165, 1.54) is 6.92 Å². The summed E-state index contributed by atoms with van der Waals surface area (Å²) in [6.07, 6.45) is -5.63. The molecule has 1 saturated heterocycles. The van der Waals surface area contributed by atoms with Gasteiger partial charge in [0.1, 0.15) is 12.1 Å². The van der Waals surface area contributed by atoms with Gasteiger partial charge >= 0.3 is 12.1 Å². The van der Waals surface area contributed by atoms with Gasteiger partial charge in [-0.3, -0.25) is 9.59 Å². The van der Waals surface area contributed by atoms with Gasteiger partial charge < -0.3 is 20.4 Å². The first-order valence-corrected chi connectivity index (χ1v) is 8.13. The Labute approximate surface area is 152 Å². The molecule has 0 unspecified atom stereocenters. The van der Waals surface area contributed by atoms with Gasteiger partial charge in [0.25, 0.3) is 0 Å². The van der Waals surface area contributed by atoms with Gasteiger partial charge in [-0.05, 0) is 17.7 Å². The third kappa shape index (κ3) is 5.19. The van der Waals surface area contributed by atoms with Gasteiger partial charge in [-0.1, -0.05) is 12.1 Å². The second-order valence-corrected chi connectivity index (χ2v) is 6.37. The smallest absolute Gasteiger partial charge is 0.416 e. The number of carbonyl (C=O) groups is 3. The number of amides is 2. The van der Waals surface area contributed by atoms with E-state index in [2.05, 4.69) is 5.32 Å². The highest BCUT2D eigenvalue weighted by Gasteiger charge is 2.38. The summed E-state index contributed by atoms with van der Waals surface area (Å²) in [5, 5.41) is 21.3. The Kier molecular flexibility index (Phi) is 6.09. The molecule has 0 bridgehead atoms. The number of benzene rings is 1. The molecule has 148 valence electrons. The molecule has 2 amide bonds. The van der Waals surface area contributed by atoms with E-state index in [4.69, 9.17) is 0 Å². The molecule has 1 aliphatic rings. The molecule has 0 saturated carbocycles. The summed E-state index contributed by atoms with van der Waals surface area (Å²) >= 11 is 0. The molecule has 0 aromatic heterocycles. The third-order valence-corrected chi connectivity index (χ3v) is 4.32. The Morgan fingerprint density at radius 2 is 1.85 bits per heavy atom.